The quantitative estimate of drug-likeness (QED) is 0.214. The van der Waals surface area contributed by atoms with Crippen LogP contribution in [-0.2, 0) is 9.59 Å². The highest BCUT2D eigenvalue weighted by Crippen LogP contribution is 2.34. The van der Waals surface area contributed by atoms with E-state index in [2.05, 4.69) is 26.7 Å². The molecule has 1 fully saturated rings. The van der Waals surface area contributed by atoms with Gasteiger partial charge >= 0.3 is 0 Å². The van der Waals surface area contributed by atoms with Crippen LogP contribution in [0, 0.1) is 0 Å². The SMILES string of the molecule is COc1cc(/C=C2/SC(=S)N(NC(=O)c3ccc(Cl)cc3)C2=O)ccc1OCC(=O)Nc1ccc(Br)c(Cl)c1. The molecule has 0 bridgehead atoms. The molecule has 3 aromatic rings. The van der Waals surface area contributed by atoms with E-state index < -0.39 is 11.8 Å². The number of rotatable bonds is 8. The first-order chi connectivity index (χ1) is 18.6. The van der Waals surface area contributed by atoms with Crippen molar-refractivity contribution in [3.8, 4) is 11.5 Å². The summed E-state index contributed by atoms with van der Waals surface area (Å²) in [4.78, 5) is 38.1. The fraction of sp³-hybridized carbons (Fsp3) is 0.0769. The smallest absolute Gasteiger partial charge is 0.285 e. The minimum atomic E-state index is -0.500. The third-order valence-electron chi connectivity index (χ3n) is 5.16. The van der Waals surface area contributed by atoms with Gasteiger partial charge in [-0.2, -0.15) is 5.01 Å². The Morgan fingerprint density at radius 1 is 1.08 bits per heavy atom. The number of halogens is 3. The molecule has 0 aromatic heterocycles. The Kier molecular flexibility index (Phi) is 9.52. The van der Waals surface area contributed by atoms with Crippen molar-refractivity contribution in [1.82, 2.24) is 10.4 Å². The largest absolute Gasteiger partial charge is 0.493 e. The molecule has 13 heteroatoms. The van der Waals surface area contributed by atoms with Crippen LogP contribution in [0.1, 0.15) is 15.9 Å². The maximum Gasteiger partial charge on any atom is 0.285 e. The van der Waals surface area contributed by atoms with Gasteiger partial charge in [-0.1, -0.05) is 41.0 Å². The van der Waals surface area contributed by atoms with Crippen molar-refractivity contribution in [2.24, 2.45) is 0 Å². The van der Waals surface area contributed by atoms with E-state index in [0.717, 1.165) is 16.8 Å². The second-order valence-corrected chi connectivity index (χ2v) is 11.2. The molecule has 1 aliphatic heterocycles. The van der Waals surface area contributed by atoms with E-state index in [9.17, 15) is 14.4 Å². The number of hydrogen-bond donors (Lipinski definition) is 2. The lowest BCUT2D eigenvalue weighted by atomic mass is 10.2. The molecular formula is C26H18BrCl2N3O5S2. The zero-order chi connectivity index (χ0) is 28.1. The van der Waals surface area contributed by atoms with Gasteiger partial charge in [-0.3, -0.25) is 19.8 Å². The molecule has 0 radical (unpaired) electrons. The van der Waals surface area contributed by atoms with Crippen LogP contribution in [0.5, 0.6) is 11.5 Å². The van der Waals surface area contributed by atoms with Crippen LogP contribution < -0.4 is 20.2 Å². The molecule has 1 aliphatic rings. The number of thioether (sulfide) groups is 1. The van der Waals surface area contributed by atoms with Crippen molar-refractivity contribution >= 4 is 96.9 Å². The number of nitrogens with zero attached hydrogens (tertiary/aromatic N) is 1. The van der Waals surface area contributed by atoms with Crippen LogP contribution in [0.2, 0.25) is 10.0 Å². The number of thiocarbonyl (C=S) groups is 1. The van der Waals surface area contributed by atoms with Crippen molar-refractivity contribution in [2.45, 2.75) is 0 Å². The Hall–Kier alpha value is -3.09. The van der Waals surface area contributed by atoms with Gasteiger partial charge in [-0.25, -0.2) is 0 Å². The van der Waals surface area contributed by atoms with Gasteiger partial charge in [0.15, 0.2) is 22.4 Å². The number of amides is 3. The number of carbonyl (C=O) groups excluding carboxylic acids is 3. The molecular weight excluding hydrogens is 649 g/mol. The van der Waals surface area contributed by atoms with E-state index >= 15 is 0 Å². The Labute approximate surface area is 251 Å². The molecule has 0 atom stereocenters. The number of carbonyl (C=O) groups is 3. The van der Waals surface area contributed by atoms with Crippen LogP contribution in [0.25, 0.3) is 6.08 Å². The summed E-state index contributed by atoms with van der Waals surface area (Å²) in [5.74, 6) is -0.670. The molecule has 0 aliphatic carbocycles. The molecule has 1 heterocycles. The lowest BCUT2D eigenvalue weighted by molar-refractivity contribution is -0.123. The minimum absolute atomic E-state index is 0.179. The zero-order valence-corrected chi connectivity index (χ0v) is 24.7. The summed E-state index contributed by atoms with van der Waals surface area (Å²) < 4.78 is 11.9. The summed E-state index contributed by atoms with van der Waals surface area (Å²) in [6.45, 7) is -0.268. The van der Waals surface area contributed by atoms with Crippen LogP contribution in [-0.4, -0.2) is 40.8 Å². The van der Waals surface area contributed by atoms with Crippen molar-refractivity contribution in [1.29, 1.82) is 0 Å². The van der Waals surface area contributed by atoms with Gasteiger partial charge in [-0.15, -0.1) is 0 Å². The van der Waals surface area contributed by atoms with Crippen LogP contribution in [0.4, 0.5) is 5.69 Å². The number of nitrogens with one attached hydrogen (secondary N) is 2. The highest BCUT2D eigenvalue weighted by Gasteiger charge is 2.33. The minimum Gasteiger partial charge on any atom is -0.493 e. The average molecular weight is 667 g/mol. The third kappa shape index (κ3) is 7.31. The number of methoxy groups -OCH3 is 1. The molecule has 3 amide bonds. The van der Waals surface area contributed by atoms with Crippen LogP contribution in [0.15, 0.2) is 70.0 Å². The van der Waals surface area contributed by atoms with Gasteiger partial charge < -0.3 is 14.8 Å². The average Bonchev–Trinajstić information content (AvgIpc) is 3.17. The molecule has 0 spiro atoms. The second kappa shape index (κ2) is 12.8. The summed E-state index contributed by atoms with van der Waals surface area (Å²) in [5.41, 5.74) is 4.00. The Morgan fingerprint density at radius 3 is 2.51 bits per heavy atom. The van der Waals surface area contributed by atoms with Crippen molar-refractivity contribution in [3.05, 3.63) is 91.2 Å². The molecule has 200 valence electrons. The number of ether oxygens (including phenoxy) is 2. The number of hydrogen-bond acceptors (Lipinski definition) is 7. The predicted octanol–water partition coefficient (Wildman–Crippen LogP) is 6.33. The standard InChI is InChI=1S/C26H18BrCl2N3O5S2/c1-36-21-10-14(2-9-20(21)37-13-23(33)30-17-7-8-18(27)19(29)12-17)11-22-25(35)32(26(38)39-22)31-24(34)15-3-5-16(28)6-4-15/h2-12H,13H2,1H3,(H,30,33)(H,31,34)/b22-11+. The predicted molar refractivity (Wildman–Crippen MR) is 160 cm³/mol. The first-order valence-electron chi connectivity index (χ1n) is 11.0. The molecule has 2 N–H and O–H groups in total. The molecule has 39 heavy (non-hydrogen) atoms. The van der Waals surface area contributed by atoms with E-state index in [4.69, 9.17) is 44.9 Å². The van der Waals surface area contributed by atoms with Crippen molar-refractivity contribution in [3.63, 3.8) is 0 Å². The third-order valence-corrected chi connectivity index (χ3v) is 7.95. The van der Waals surface area contributed by atoms with Crippen LogP contribution in [0.3, 0.4) is 0 Å². The fourth-order valence-corrected chi connectivity index (χ4v) is 5.02. The monoisotopic (exact) mass is 665 g/mol. The van der Waals surface area contributed by atoms with Gasteiger partial charge in [0.25, 0.3) is 17.7 Å². The van der Waals surface area contributed by atoms with E-state index in [1.54, 1.807) is 66.7 Å². The summed E-state index contributed by atoms with van der Waals surface area (Å²) in [5, 5.41) is 4.68. The van der Waals surface area contributed by atoms with E-state index in [0.29, 0.717) is 47.7 Å². The Morgan fingerprint density at radius 2 is 1.82 bits per heavy atom. The summed E-state index contributed by atoms with van der Waals surface area (Å²) in [6, 6.07) is 16.3. The van der Waals surface area contributed by atoms with Gasteiger partial charge in [0, 0.05) is 20.7 Å². The van der Waals surface area contributed by atoms with E-state index in [1.165, 1.54) is 7.11 Å². The fourth-order valence-electron chi connectivity index (χ4n) is 3.29. The van der Waals surface area contributed by atoms with Crippen molar-refractivity contribution < 1.29 is 23.9 Å². The highest BCUT2D eigenvalue weighted by molar-refractivity contribution is 9.10. The zero-order valence-electron chi connectivity index (χ0n) is 20.0. The summed E-state index contributed by atoms with van der Waals surface area (Å²) in [7, 11) is 1.46. The lowest BCUT2D eigenvalue weighted by Crippen LogP contribution is -2.44. The van der Waals surface area contributed by atoms with Gasteiger partial charge in [0.1, 0.15) is 0 Å². The number of benzene rings is 3. The molecule has 3 aromatic carbocycles. The van der Waals surface area contributed by atoms with Crippen LogP contribution >= 0.6 is 63.1 Å². The number of hydrazine groups is 1. The molecule has 4 rings (SSSR count). The first-order valence-corrected chi connectivity index (χ1v) is 13.8. The maximum atomic E-state index is 12.9. The topological polar surface area (TPSA) is 97.0 Å². The second-order valence-electron chi connectivity index (χ2n) is 7.84. The Bertz CT molecular complexity index is 1500. The molecule has 8 nitrogen and oxygen atoms in total. The summed E-state index contributed by atoms with van der Waals surface area (Å²) >= 11 is 21.6. The van der Waals surface area contributed by atoms with E-state index in [1.807, 2.05) is 0 Å². The highest BCUT2D eigenvalue weighted by atomic mass is 79.9. The van der Waals surface area contributed by atoms with Crippen molar-refractivity contribution in [2.75, 3.05) is 19.0 Å². The molecule has 1 saturated heterocycles. The van der Waals surface area contributed by atoms with Gasteiger partial charge in [-0.05, 0) is 94.4 Å². The maximum absolute atomic E-state index is 12.9. The molecule has 0 saturated carbocycles. The number of anilines is 1. The van der Waals surface area contributed by atoms with E-state index in [-0.39, 0.29) is 16.8 Å². The Balaban J connectivity index is 1.40. The van der Waals surface area contributed by atoms with Gasteiger partial charge in [0.05, 0.1) is 17.0 Å². The molecule has 0 unspecified atom stereocenters. The summed E-state index contributed by atoms with van der Waals surface area (Å²) in [6.07, 6.45) is 1.62. The lowest BCUT2D eigenvalue weighted by Gasteiger charge is -2.15. The first kappa shape index (κ1) is 28.9. The van der Waals surface area contributed by atoms with Gasteiger partial charge in [0.2, 0.25) is 0 Å². The normalized spacial score (nSPS) is 13.9.